The summed E-state index contributed by atoms with van der Waals surface area (Å²) in [5.41, 5.74) is 6.18. The van der Waals surface area contributed by atoms with E-state index < -0.39 is 5.97 Å². The number of allylic oxidation sites excluding steroid dienone is 1. The van der Waals surface area contributed by atoms with Gasteiger partial charge in [0.15, 0.2) is 0 Å². The van der Waals surface area contributed by atoms with Crippen LogP contribution in [0.25, 0.3) is 0 Å². The predicted octanol–water partition coefficient (Wildman–Crippen LogP) is 2.60. The Labute approximate surface area is 132 Å². The molecular weight excluding hydrogens is 286 g/mol. The number of esters is 1. The molecule has 0 spiro atoms. The van der Waals surface area contributed by atoms with Crippen LogP contribution in [-0.4, -0.2) is 29.6 Å². The Kier molecular flexibility index (Phi) is 18.7. The molecule has 3 N–H and O–H groups in total. The van der Waals surface area contributed by atoms with Gasteiger partial charge in [0.1, 0.15) is 0 Å². The van der Waals surface area contributed by atoms with Crippen LogP contribution in [-0.2, 0) is 19.1 Å². The lowest BCUT2D eigenvalue weighted by atomic mass is 10.3. The zero-order valence-electron chi connectivity index (χ0n) is 13.8. The Hall–Kier alpha value is -2.37. The molecule has 0 saturated carbocycles. The second-order valence-corrected chi connectivity index (χ2v) is 4.44. The third-order valence-electron chi connectivity index (χ3n) is 1.69. The first-order valence-corrected chi connectivity index (χ1v) is 6.70. The van der Waals surface area contributed by atoms with Crippen LogP contribution < -0.4 is 5.73 Å². The molecule has 22 heavy (non-hydrogen) atoms. The number of primary amides is 1. The zero-order valence-corrected chi connectivity index (χ0v) is 13.8. The molecule has 126 valence electrons. The Bertz CT molecular complexity index is 407. The highest BCUT2D eigenvalue weighted by molar-refractivity contribution is 5.87. The Balaban J connectivity index is -0.000000263. The van der Waals surface area contributed by atoms with Crippen LogP contribution in [0.5, 0.6) is 0 Å². The van der Waals surface area contributed by atoms with E-state index in [2.05, 4.69) is 20.1 Å². The number of carboxylic acids is 1. The van der Waals surface area contributed by atoms with E-state index in [1.54, 1.807) is 6.92 Å². The van der Waals surface area contributed by atoms with Gasteiger partial charge in [0.05, 0.1) is 6.61 Å². The van der Waals surface area contributed by atoms with Gasteiger partial charge in [-0.15, -0.1) is 0 Å². The molecule has 0 rings (SSSR count). The molecule has 0 aromatic rings. The van der Waals surface area contributed by atoms with Crippen LogP contribution in [0.3, 0.4) is 0 Å². The van der Waals surface area contributed by atoms with Crippen LogP contribution in [0, 0.1) is 0 Å². The third kappa shape index (κ3) is 30.6. The van der Waals surface area contributed by atoms with Crippen molar-refractivity contribution >= 4 is 17.8 Å². The number of carbonyl (C=O) groups excluding carboxylic acids is 2. The number of hydrogen-bond acceptors (Lipinski definition) is 4. The first-order chi connectivity index (χ1) is 10.1. The van der Waals surface area contributed by atoms with E-state index in [0.29, 0.717) is 12.2 Å². The first-order valence-electron chi connectivity index (χ1n) is 6.70. The van der Waals surface area contributed by atoms with Crippen LogP contribution in [0.15, 0.2) is 36.5 Å². The molecule has 0 aliphatic carbocycles. The largest absolute Gasteiger partial charge is 0.478 e. The van der Waals surface area contributed by atoms with Gasteiger partial charge in [-0.05, 0) is 27.2 Å². The summed E-state index contributed by atoms with van der Waals surface area (Å²) in [5, 5.41) is 7.60. The minimum absolute atomic E-state index is 0.284. The molecule has 6 nitrogen and oxygen atoms in total. The number of aliphatic carboxylic acids is 1. The lowest BCUT2D eigenvalue weighted by Crippen LogP contribution is -2.05. The number of unbranched alkanes of at least 4 members (excludes halogenated alkanes) is 1. The van der Waals surface area contributed by atoms with E-state index in [1.807, 2.05) is 13.8 Å². The number of nitrogens with two attached hydrogens (primary N) is 1. The summed E-state index contributed by atoms with van der Waals surface area (Å²) < 4.78 is 4.81. The van der Waals surface area contributed by atoms with Gasteiger partial charge in [-0.3, -0.25) is 4.79 Å². The van der Waals surface area contributed by atoms with Gasteiger partial charge in [-0.25, -0.2) is 9.59 Å². The average molecular weight is 313 g/mol. The fourth-order valence-electron chi connectivity index (χ4n) is 0.717. The minimum Gasteiger partial charge on any atom is -0.478 e. The molecule has 0 saturated heterocycles. The molecule has 0 heterocycles. The van der Waals surface area contributed by atoms with Crippen LogP contribution in [0.1, 0.15) is 40.5 Å². The van der Waals surface area contributed by atoms with E-state index in [0.717, 1.165) is 24.5 Å². The highest BCUT2D eigenvalue weighted by Crippen LogP contribution is 1.94. The SMILES string of the molecule is C=C(C)C(=O)OCCCC.C=CC(=O)O.CC(C)=CC(N)=O. The van der Waals surface area contributed by atoms with Crippen molar-refractivity contribution in [3.05, 3.63) is 36.5 Å². The molecule has 0 bridgehead atoms. The van der Waals surface area contributed by atoms with E-state index in [1.165, 1.54) is 6.08 Å². The Morgan fingerprint density at radius 2 is 1.68 bits per heavy atom. The number of hydrogen-bond donors (Lipinski definition) is 2. The third-order valence-corrected chi connectivity index (χ3v) is 1.69. The lowest BCUT2D eigenvalue weighted by molar-refractivity contribution is -0.139. The molecule has 0 atom stereocenters. The normalized spacial score (nSPS) is 8.00. The summed E-state index contributed by atoms with van der Waals surface area (Å²) in [6.45, 7) is 14.3. The molecule has 0 aromatic heterocycles. The second-order valence-electron chi connectivity index (χ2n) is 4.44. The minimum atomic E-state index is -0.981. The summed E-state index contributed by atoms with van der Waals surface area (Å²) in [5.74, 6) is -1.64. The molecule has 0 radical (unpaired) electrons. The van der Waals surface area contributed by atoms with E-state index in [-0.39, 0.29) is 11.9 Å². The number of amides is 1. The number of rotatable bonds is 6. The summed E-state index contributed by atoms with van der Waals surface area (Å²) in [6, 6.07) is 0. The topological polar surface area (TPSA) is 107 Å². The van der Waals surface area contributed by atoms with Crippen LogP contribution in [0.2, 0.25) is 0 Å². The first kappa shape index (κ1) is 24.6. The van der Waals surface area contributed by atoms with Crippen molar-refractivity contribution in [1.82, 2.24) is 0 Å². The molecule has 0 fully saturated rings. The summed E-state index contributed by atoms with van der Waals surface area (Å²) in [4.78, 5) is 29.9. The van der Waals surface area contributed by atoms with Crippen molar-refractivity contribution < 1.29 is 24.2 Å². The maximum absolute atomic E-state index is 10.7. The second kappa shape index (κ2) is 16.7. The van der Waals surface area contributed by atoms with Crippen LogP contribution >= 0.6 is 0 Å². The molecular formula is C16H27NO5. The van der Waals surface area contributed by atoms with Crippen molar-refractivity contribution in [2.75, 3.05) is 6.61 Å². The van der Waals surface area contributed by atoms with Crippen molar-refractivity contribution in [2.45, 2.75) is 40.5 Å². The van der Waals surface area contributed by atoms with E-state index in [4.69, 9.17) is 15.6 Å². The fraction of sp³-hybridized carbons (Fsp3) is 0.438. The number of carboxylic acid groups (broad SMARTS) is 1. The van der Waals surface area contributed by atoms with Gasteiger partial charge >= 0.3 is 11.9 Å². The van der Waals surface area contributed by atoms with Crippen molar-refractivity contribution in [1.29, 1.82) is 0 Å². The standard InChI is InChI=1S/C8H14O2.C5H9NO.C3H4O2/c1-4-5-6-10-8(9)7(2)3;1-4(2)3-5(6)7;1-2-3(4)5/h2,4-6H2,1,3H3;3H,1-2H3,(H2,6,7);2H,1H2,(H,4,5). The molecule has 0 aliphatic rings. The average Bonchev–Trinajstić information content (AvgIpc) is 2.38. The monoisotopic (exact) mass is 313 g/mol. The summed E-state index contributed by atoms with van der Waals surface area (Å²) >= 11 is 0. The highest BCUT2D eigenvalue weighted by Gasteiger charge is 2.00. The van der Waals surface area contributed by atoms with Gasteiger partial charge in [0.2, 0.25) is 5.91 Å². The Morgan fingerprint density at radius 3 is 1.86 bits per heavy atom. The van der Waals surface area contributed by atoms with Gasteiger partial charge in [0.25, 0.3) is 0 Å². The van der Waals surface area contributed by atoms with E-state index >= 15 is 0 Å². The fourth-order valence-corrected chi connectivity index (χ4v) is 0.717. The maximum Gasteiger partial charge on any atom is 0.333 e. The molecule has 0 unspecified atom stereocenters. The van der Waals surface area contributed by atoms with Crippen molar-refractivity contribution in [2.24, 2.45) is 5.73 Å². The summed E-state index contributed by atoms with van der Waals surface area (Å²) in [7, 11) is 0. The lowest BCUT2D eigenvalue weighted by Gasteiger charge is -2.01. The van der Waals surface area contributed by atoms with Crippen molar-refractivity contribution in [3.8, 4) is 0 Å². The van der Waals surface area contributed by atoms with Crippen LogP contribution in [0.4, 0.5) is 0 Å². The predicted molar refractivity (Wildman–Crippen MR) is 87.1 cm³/mol. The number of ether oxygens (including phenoxy) is 1. The molecule has 6 heteroatoms. The zero-order chi connectivity index (χ0) is 18.1. The molecule has 1 amide bonds. The summed E-state index contributed by atoms with van der Waals surface area (Å²) in [6.07, 6.45) is 4.20. The number of carbonyl (C=O) groups is 3. The van der Waals surface area contributed by atoms with Gasteiger partial charge in [0, 0.05) is 17.7 Å². The molecule has 0 aliphatic heterocycles. The van der Waals surface area contributed by atoms with Crippen molar-refractivity contribution in [3.63, 3.8) is 0 Å². The highest BCUT2D eigenvalue weighted by atomic mass is 16.5. The smallest absolute Gasteiger partial charge is 0.333 e. The Morgan fingerprint density at radius 1 is 1.23 bits per heavy atom. The quantitative estimate of drug-likeness (QED) is 0.445. The van der Waals surface area contributed by atoms with Gasteiger partial charge in [-0.2, -0.15) is 0 Å². The van der Waals surface area contributed by atoms with Gasteiger partial charge in [-0.1, -0.05) is 32.1 Å². The van der Waals surface area contributed by atoms with Gasteiger partial charge < -0.3 is 15.6 Å². The maximum atomic E-state index is 10.7. The molecule has 0 aromatic carbocycles. The van der Waals surface area contributed by atoms with E-state index in [9.17, 15) is 14.4 Å².